The number of amides is 1. The lowest BCUT2D eigenvalue weighted by Gasteiger charge is -2.14. The number of hydrogen-bond acceptors (Lipinski definition) is 3. The summed E-state index contributed by atoms with van der Waals surface area (Å²) in [5.74, 6) is 0.115. The Labute approximate surface area is 123 Å². The summed E-state index contributed by atoms with van der Waals surface area (Å²) in [7, 11) is 0. The molecule has 0 radical (unpaired) electrons. The van der Waals surface area contributed by atoms with Gasteiger partial charge in [0.25, 0.3) is 5.91 Å². The van der Waals surface area contributed by atoms with Gasteiger partial charge in [0.15, 0.2) is 0 Å². The van der Waals surface area contributed by atoms with Crippen molar-refractivity contribution in [2.24, 2.45) is 0 Å². The summed E-state index contributed by atoms with van der Waals surface area (Å²) in [6.07, 6.45) is 1.48. The van der Waals surface area contributed by atoms with E-state index >= 15 is 0 Å². The van der Waals surface area contributed by atoms with Crippen LogP contribution in [-0.2, 0) is 0 Å². The molecular formula is C13H11BrClNO3. The van der Waals surface area contributed by atoms with Gasteiger partial charge in [-0.05, 0) is 30.3 Å². The number of aliphatic hydroxyl groups is 1. The predicted octanol–water partition coefficient (Wildman–Crippen LogP) is 3.16. The Balaban J connectivity index is 2.18. The quantitative estimate of drug-likeness (QED) is 0.895. The van der Waals surface area contributed by atoms with Crippen molar-refractivity contribution in [1.29, 1.82) is 0 Å². The average Bonchev–Trinajstić information content (AvgIpc) is 2.92. The number of benzene rings is 1. The van der Waals surface area contributed by atoms with E-state index in [9.17, 15) is 9.90 Å². The summed E-state index contributed by atoms with van der Waals surface area (Å²) < 4.78 is 5.91. The van der Waals surface area contributed by atoms with Gasteiger partial charge >= 0.3 is 0 Å². The van der Waals surface area contributed by atoms with Gasteiger partial charge in [0.05, 0.1) is 23.5 Å². The summed E-state index contributed by atoms with van der Waals surface area (Å²) in [6.45, 7) is -0.259. The summed E-state index contributed by atoms with van der Waals surface area (Å²) in [5.41, 5.74) is 0.334. The molecular weight excluding hydrogens is 334 g/mol. The molecule has 0 saturated heterocycles. The minimum Gasteiger partial charge on any atom is -0.467 e. The molecule has 0 aliphatic heterocycles. The van der Waals surface area contributed by atoms with Crippen LogP contribution in [-0.4, -0.2) is 17.6 Å². The van der Waals surface area contributed by atoms with E-state index in [1.54, 1.807) is 30.3 Å². The molecule has 1 unspecified atom stereocenters. The first kappa shape index (κ1) is 14.1. The molecule has 100 valence electrons. The Morgan fingerprint density at radius 1 is 1.47 bits per heavy atom. The molecule has 0 aliphatic rings. The van der Waals surface area contributed by atoms with Crippen LogP contribution < -0.4 is 5.32 Å². The van der Waals surface area contributed by atoms with E-state index in [0.29, 0.717) is 16.3 Å². The fourth-order valence-corrected chi connectivity index (χ4v) is 2.17. The maximum Gasteiger partial charge on any atom is 0.253 e. The van der Waals surface area contributed by atoms with E-state index in [2.05, 4.69) is 21.2 Å². The van der Waals surface area contributed by atoms with Crippen LogP contribution in [0.25, 0.3) is 0 Å². The van der Waals surface area contributed by atoms with E-state index in [1.807, 2.05) is 0 Å². The van der Waals surface area contributed by atoms with Gasteiger partial charge in [-0.15, -0.1) is 0 Å². The third-order valence-corrected chi connectivity index (χ3v) is 3.37. The van der Waals surface area contributed by atoms with E-state index in [0.717, 1.165) is 4.47 Å². The minimum absolute atomic E-state index is 0.259. The first-order valence-electron chi connectivity index (χ1n) is 5.52. The number of halogens is 2. The zero-order valence-electron chi connectivity index (χ0n) is 9.77. The molecule has 0 aliphatic carbocycles. The van der Waals surface area contributed by atoms with Crippen LogP contribution in [0.2, 0.25) is 5.02 Å². The molecule has 19 heavy (non-hydrogen) atoms. The normalized spacial score (nSPS) is 12.2. The smallest absolute Gasteiger partial charge is 0.253 e. The maximum absolute atomic E-state index is 12.1. The SMILES string of the molecule is O=C(NC(CO)c1ccco1)c1cc(Br)ccc1Cl. The molecule has 4 nitrogen and oxygen atoms in total. The van der Waals surface area contributed by atoms with Gasteiger partial charge in [0, 0.05) is 4.47 Å². The highest BCUT2D eigenvalue weighted by molar-refractivity contribution is 9.10. The second-order valence-corrected chi connectivity index (χ2v) is 5.17. The predicted molar refractivity (Wildman–Crippen MR) is 75.2 cm³/mol. The fraction of sp³-hybridized carbons (Fsp3) is 0.154. The molecule has 0 saturated carbocycles. The van der Waals surface area contributed by atoms with E-state index < -0.39 is 6.04 Å². The van der Waals surface area contributed by atoms with Gasteiger partial charge in [0.1, 0.15) is 11.8 Å². The van der Waals surface area contributed by atoms with Crippen LogP contribution in [0.4, 0.5) is 0 Å². The van der Waals surface area contributed by atoms with E-state index in [-0.39, 0.29) is 12.5 Å². The summed E-state index contributed by atoms with van der Waals surface area (Å²) >= 11 is 9.26. The van der Waals surface area contributed by atoms with Crippen LogP contribution in [0, 0.1) is 0 Å². The van der Waals surface area contributed by atoms with Gasteiger partial charge in [0.2, 0.25) is 0 Å². The highest BCUT2D eigenvalue weighted by Crippen LogP contribution is 2.22. The van der Waals surface area contributed by atoms with Crippen molar-refractivity contribution in [1.82, 2.24) is 5.32 Å². The maximum atomic E-state index is 12.1. The lowest BCUT2D eigenvalue weighted by Crippen LogP contribution is -2.30. The Kier molecular flexibility index (Phi) is 4.63. The number of furan rings is 1. The molecule has 0 bridgehead atoms. The summed E-state index contributed by atoms with van der Waals surface area (Å²) in [5, 5.41) is 12.3. The van der Waals surface area contributed by atoms with Crippen LogP contribution in [0.3, 0.4) is 0 Å². The zero-order valence-corrected chi connectivity index (χ0v) is 12.1. The number of carbonyl (C=O) groups excluding carboxylic acids is 1. The molecule has 0 fully saturated rings. The third-order valence-electron chi connectivity index (χ3n) is 2.55. The van der Waals surface area contributed by atoms with Crippen LogP contribution >= 0.6 is 27.5 Å². The molecule has 1 atom stereocenters. The summed E-state index contributed by atoms with van der Waals surface area (Å²) in [4.78, 5) is 12.1. The van der Waals surface area contributed by atoms with Crippen molar-refractivity contribution in [3.8, 4) is 0 Å². The monoisotopic (exact) mass is 343 g/mol. The van der Waals surface area contributed by atoms with Crippen molar-refractivity contribution in [2.75, 3.05) is 6.61 Å². The molecule has 2 N–H and O–H groups in total. The second-order valence-electron chi connectivity index (χ2n) is 3.85. The molecule has 1 aromatic heterocycles. The van der Waals surface area contributed by atoms with Crippen LogP contribution in [0.5, 0.6) is 0 Å². The number of carbonyl (C=O) groups is 1. The largest absolute Gasteiger partial charge is 0.467 e. The lowest BCUT2D eigenvalue weighted by atomic mass is 10.1. The molecule has 1 amide bonds. The third kappa shape index (κ3) is 3.37. The Morgan fingerprint density at radius 3 is 2.89 bits per heavy atom. The number of nitrogens with one attached hydrogen (secondary N) is 1. The highest BCUT2D eigenvalue weighted by Gasteiger charge is 2.19. The standard InChI is InChI=1S/C13H11BrClNO3/c14-8-3-4-10(15)9(6-8)13(18)16-11(7-17)12-2-1-5-19-12/h1-6,11,17H,7H2,(H,16,18). The Morgan fingerprint density at radius 2 is 2.26 bits per heavy atom. The Hall–Kier alpha value is -1.30. The van der Waals surface area contributed by atoms with Crippen LogP contribution in [0.15, 0.2) is 45.5 Å². The second kappa shape index (κ2) is 6.23. The number of rotatable bonds is 4. The first-order chi connectivity index (χ1) is 9.11. The number of hydrogen-bond donors (Lipinski definition) is 2. The lowest BCUT2D eigenvalue weighted by molar-refractivity contribution is 0.0907. The van der Waals surface area contributed by atoms with Crippen molar-refractivity contribution in [3.63, 3.8) is 0 Å². The van der Waals surface area contributed by atoms with Gasteiger partial charge in [-0.25, -0.2) is 0 Å². The average molecular weight is 345 g/mol. The van der Waals surface area contributed by atoms with Gasteiger partial charge in [-0.1, -0.05) is 27.5 Å². The van der Waals surface area contributed by atoms with Gasteiger partial charge in [-0.2, -0.15) is 0 Å². The topological polar surface area (TPSA) is 62.5 Å². The molecule has 1 heterocycles. The first-order valence-corrected chi connectivity index (χ1v) is 6.69. The molecule has 0 spiro atoms. The van der Waals surface area contributed by atoms with E-state index in [1.165, 1.54) is 6.26 Å². The fourth-order valence-electron chi connectivity index (χ4n) is 1.60. The van der Waals surface area contributed by atoms with Crippen molar-refractivity contribution >= 4 is 33.4 Å². The van der Waals surface area contributed by atoms with E-state index in [4.69, 9.17) is 16.0 Å². The highest BCUT2D eigenvalue weighted by atomic mass is 79.9. The molecule has 1 aromatic carbocycles. The number of aliphatic hydroxyl groups excluding tert-OH is 1. The summed E-state index contributed by atoms with van der Waals surface area (Å²) in [6, 6.07) is 7.77. The van der Waals surface area contributed by atoms with Crippen molar-refractivity contribution in [2.45, 2.75) is 6.04 Å². The molecule has 2 aromatic rings. The van der Waals surface area contributed by atoms with Crippen LogP contribution in [0.1, 0.15) is 22.2 Å². The minimum atomic E-state index is -0.599. The molecule has 6 heteroatoms. The van der Waals surface area contributed by atoms with Crippen molar-refractivity contribution < 1.29 is 14.3 Å². The van der Waals surface area contributed by atoms with Gasteiger partial charge in [-0.3, -0.25) is 4.79 Å². The Bertz CT molecular complexity index is 571. The zero-order chi connectivity index (χ0) is 13.8. The molecule has 2 rings (SSSR count). The van der Waals surface area contributed by atoms with Gasteiger partial charge < -0.3 is 14.8 Å². The van der Waals surface area contributed by atoms with Crippen molar-refractivity contribution in [3.05, 3.63) is 57.4 Å².